The zero-order valence-electron chi connectivity index (χ0n) is 9.17. The normalized spacial score (nSPS) is 10.1. The van der Waals surface area contributed by atoms with Gasteiger partial charge in [-0.05, 0) is 25.8 Å². The van der Waals surface area contributed by atoms with Gasteiger partial charge in [0.05, 0.1) is 13.2 Å². The van der Waals surface area contributed by atoms with E-state index in [0.29, 0.717) is 31.8 Å². The van der Waals surface area contributed by atoms with E-state index >= 15 is 0 Å². The molecule has 0 spiro atoms. The number of carbonyl (C=O) groups excluding carboxylic acids is 1. The molecule has 3 heteroatoms. The second-order valence-corrected chi connectivity index (χ2v) is 3.12. The van der Waals surface area contributed by atoms with Gasteiger partial charge in [0.1, 0.15) is 0 Å². The monoisotopic (exact) mass is 200 g/mol. The third-order valence-corrected chi connectivity index (χ3v) is 1.74. The van der Waals surface area contributed by atoms with Gasteiger partial charge in [0.15, 0.2) is 5.78 Å². The van der Waals surface area contributed by atoms with E-state index in [1.807, 2.05) is 6.92 Å². The number of ether oxygens (including phenoxy) is 2. The summed E-state index contributed by atoms with van der Waals surface area (Å²) in [5.41, 5.74) is 0.624. The minimum atomic E-state index is 0.124. The van der Waals surface area contributed by atoms with Crippen LogP contribution >= 0.6 is 0 Å². The van der Waals surface area contributed by atoms with Crippen LogP contribution in [0.1, 0.15) is 26.7 Å². The highest BCUT2D eigenvalue weighted by Gasteiger charge is 2.00. The van der Waals surface area contributed by atoms with Gasteiger partial charge < -0.3 is 9.47 Å². The van der Waals surface area contributed by atoms with E-state index in [1.165, 1.54) is 0 Å². The van der Waals surface area contributed by atoms with Crippen molar-refractivity contribution in [2.75, 3.05) is 26.4 Å². The van der Waals surface area contributed by atoms with Crippen LogP contribution in [0.25, 0.3) is 0 Å². The van der Waals surface area contributed by atoms with Crippen LogP contribution in [0.3, 0.4) is 0 Å². The molecule has 0 amide bonds. The fourth-order valence-electron chi connectivity index (χ4n) is 0.912. The molecule has 0 N–H and O–H groups in total. The average molecular weight is 200 g/mol. The van der Waals surface area contributed by atoms with Gasteiger partial charge in [-0.2, -0.15) is 0 Å². The predicted octanol–water partition coefficient (Wildman–Crippen LogP) is 1.96. The number of hydrogen-bond acceptors (Lipinski definition) is 3. The molecule has 82 valence electrons. The molecule has 0 fully saturated rings. The van der Waals surface area contributed by atoms with Gasteiger partial charge >= 0.3 is 0 Å². The number of Topliss-reactive ketones (excluding diaryl/α,β-unsaturated/α-hetero) is 1. The molecule has 0 saturated heterocycles. The fourth-order valence-corrected chi connectivity index (χ4v) is 0.912. The van der Waals surface area contributed by atoms with Gasteiger partial charge in [0, 0.05) is 19.6 Å². The van der Waals surface area contributed by atoms with Crippen molar-refractivity contribution in [3.8, 4) is 0 Å². The number of ketones is 1. The Morgan fingerprint density at radius 2 is 1.86 bits per heavy atom. The Bertz CT molecular complexity index is 175. The van der Waals surface area contributed by atoms with E-state index in [1.54, 1.807) is 6.92 Å². The van der Waals surface area contributed by atoms with Crippen LogP contribution in [0.4, 0.5) is 0 Å². The van der Waals surface area contributed by atoms with Crippen LogP contribution in [0, 0.1) is 0 Å². The Balaban J connectivity index is 3.13. The molecule has 3 nitrogen and oxygen atoms in total. The highest BCUT2D eigenvalue weighted by Crippen LogP contribution is 1.99. The summed E-state index contributed by atoms with van der Waals surface area (Å²) in [5.74, 6) is 0.124. The number of hydrogen-bond donors (Lipinski definition) is 0. The molecule has 0 aromatic heterocycles. The molecule has 0 aromatic rings. The summed E-state index contributed by atoms with van der Waals surface area (Å²) in [5, 5.41) is 0. The lowest BCUT2D eigenvalue weighted by Gasteiger charge is -2.03. The van der Waals surface area contributed by atoms with E-state index in [9.17, 15) is 4.79 Å². The molecular formula is C11H20O3. The van der Waals surface area contributed by atoms with Crippen LogP contribution in [-0.2, 0) is 14.3 Å². The lowest BCUT2D eigenvalue weighted by Crippen LogP contribution is -2.06. The summed E-state index contributed by atoms with van der Waals surface area (Å²) in [7, 11) is 0. The highest BCUT2D eigenvalue weighted by molar-refractivity contribution is 5.93. The van der Waals surface area contributed by atoms with E-state index < -0.39 is 0 Å². The molecule has 0 aromatic carbocycles. The highest BCUT2D eigenvalue weighted by atomic mass is 16.5. The third kappa shape index (κ3) is 7.95. The van der Waals surface area contributed by atoms with Gasteiger partial charge in [-0.1, -0.05) is 6.58 Å². The summed E-state index contributed by atoms with van der Waals surface area (Å²) in [6, 6.07) is 0. The third-order valence-electron chi connectivity index (χ3n) is 1.74. The Kier molecular flexibility index (Phi) is 8.48. The number of allylic oxidation sites excluding steroid dienone is 1. The van der Waals surface area contributed by atoms with Crippen LogP contribution in [0.2, 0.25) is 0 Å². The van der Waals surface area contributed by atoms with Crippen molar-refractivity contribution in [1.29, 1.82) is 0 Å². The topological polar surface area (TPSA) is 35.5 Å². The maximum Gasteiger partial charge on any atom is 0.158 e. The zero-order valence-corrected chi connectivity index (χ0v) is 9.17. The van der Waals surface area contributed by atoms with Crippen molar-refractivity contribution >= 4 is 5.78 Å². The van der Waals surface area contributed by atoms with E-state index in [-0.39, 0.29) is 5.78 Å². The molecule has 0 radical (unpaired) electrons. The quantitative estimate of drug-likeness (QED) is 0.421. The summed E-state index contributed by atoms with van der Waals surface area (Å²) >= 11 is 0. The zero-order chi connectivity index (χ0) is 10.8. The van der Waals surface area contributed by atoms with Crippen LogP contribution in [0.5, 0.6) is 0 Å². The SMILES string of the molecule is C=C(C)C(=O)CCCOCCOCC. The van der Waals surface area contributed by atoms with Gasteiger partial charge in [-0.15, -0.1) is 0 Å². The molecule has 0 aliphatic carbocycles. The first-order valence-electron chi connectivity index (χ1n) is 5.02. The fraction of sp³-hybridized carbons (Fsp3) is 0.727. The first kappa shape index (κ1) is 13.3. The van der Waals surface area contributed by atoms with Crippen LogP contribution in [-0.4, -0.2) is 32.2 Å². The van der Waals surface area contributed by atoms with Crippen molar-refractivity contribution in [1.82, 2.24) is 0 Å². The van der Waals surface area contributed by atoms with E-state index in [0.717, 1.165) is 13.0 Å². The largest absolute Gasteiger partial charge is 0.379 e. The van der Waals surface area contributed by atoms with Gasteiger partial charge in [0.25, 0.3) is 0 Å². The lowest BCUT2D eigenvalue weighted by molar-refractivity contribution is -0.115. The predicted molar refractivity (Wildman–Crippen MR) is 56.4 cm³/mol. The summed E-state index contributed by atoms with van der Waals surface area (Å²) < 4.78 is 10.4. The molecule has 0 saturated carbocycles. The first-order chi connectivity index (χ1) is 6.68. The maximum atomic E-state index is 11.1. The Labute approximate surface area is 86.1 Å². The molecular weight excluding hydrogens is 180 g/mol. The van der Waals surface area contributed by atoms with Crippen LogP contribution in [0.15, 0.2) is 12.2 Å². The molecule has 0 rings (SSSR count). The molecule has 0 unspecified atom stereocenters. The molecule has 0 bridgehead atoms. The number of rotatable bonds is 9. The van der Waals surface area contributed by atoms with Crippen LogP contribution < -0.4 is 0 Å². The van der Waals surface area contributed by atoms with Crippen molar-refractivity contribution in [2.24, 2.45) is 0 Å². The average Bonchev–Trinajstić information content (AvgIpc) is 2.16. The molecule has 0 atom stereocenters. The Morgan fingerprint density at radius 1 is 1.21 bits per heavy atom. The summed E-state index contributed by atoms with van der Waals surface area (Å²) in [6.07, 6.45) is 1.29. The van der Waals surface area contributed by atoms with E-state index in [2.05, 4.69) is 6.58 Å². The second kappa shape index (κ2) is 8.91. The van der Waals surface area contributed by atoms with Crippen molar-refractivity contribution in [3.05, 3.63) is 12.2 Å². The molecule has 14 heavy (non-hydrogen) atoms. The van der Waals surface area contributed by atoms with Gasteiger partial charge in [0.2, 0.25) is 0 Å². The van der Waals surface area contributed by atoms with Crippen molar-refractivity contribution < 1.29 is 14.3 Å². The standard InChI is InChI=1S/C11H20O3/c1-4-13-8-9-14-7-5-6-11(12)10(2)3/h2,4-9H2,1,3H3. The minimum absolute atomic E-state index is 0.124. The Hall–Kier alpha value is -0.670. The van der Waals surface area contributed by atoms with Gasteiger partial charge in [-0.25, -0.2) is 0 Å². The van der Waals surface area contributed by atoms with Gasteiger partial charge in [-0.3, -0.25) is 4.79 Å². The minimum Gasteiger partial charge on any atom is -0.379 e. The number of carbonyl (C=O) groups is 1. The van der Waals surface area contributed by atoms with E-state index in [4.69, 9.17) is 9.47 Å². The van der Waals surface area contributed by atoms with Crippen molar-refractivity contribution in [3.63, 3.8) is 0 Å². The summed E-state index contributed by atoms with van der Waals surface area (Å²) in [4.78, 5) is 11.1. The second-order valence-electron chi connectivity index (χ2n) is 3.12. The summed E-state index contributed by atoms with van der Waals surface area (Å²) in [6.45, 7) is 9.84. The first-order valence-corrected chi connectivity index (χ1v) is 5.02. The molecule has 0 aliphatic heterocycles. The van der Waals surface area contributed by atoms with Crippen molar-refractivity contribution in [2.45, 2.75) is 26.7 Å². The Morgan fingerprint density at radius 3 is 2.43 bits per heavy atom. The molecule has 0 heterocycles. The maximum absolute atomic E-state index is 11.1. The molecule has 0 aliphatic rings. The lowest BCUT2D eigenvalue weighted by atomic mass is 10.1. The smallest absolute Gasteiger partial charge is 0.158 e.